The zero-order chi connectivity index (χ0) is 7.82. The second-order valence-corrected chi connectivity index (χ2v) is 4.16. The molecule has 0 aliphatic heterocycles. The summed E-state index contributed by atoms with van der Waals surface area (Å²) in [5.41, 5.74) is 0. The van der Waals surface area contributed by atoms with E-state index >= 15 is 0 Å². The van der Waals surface area contributed by atoms with Crippen LogP contribution in [0.3, 0.4) is 0 Å². The van der Waals surface area contributed by atoms with Gasteiger partial charge in [-0.15, -0.1) is 0 Å². The molecule has 0 aromatic heterocycles. The van der Waals surface area contributed by atoms with Gasteiger partial charge in [0.15, 0.2) is 0 Å². The highest BCUT2D eigenvalue weighted by atomic mass is 127. The van der Waals surface area contributed by atoms with Gasteiger partial charge in [0, 0.05) is 0 Å². The first kappa shape index (κ1) is 10.7. The minimum absolute atomic E-state index is 0.967. The van der Waals surface area contributed by atoms with Gasteiger partial charge in [-0.1, -0.05) is 55.7 Å². The summed E-state index contributed by atoms with van der Waals surface area (Å²) in [4.78, 5) is 0. The van der Waals surface area contributed by atoms with Crippen molar-refractivity contribution in [2.24, 2.45) is 5.92 Å². The highest BCUT2D eigenvalue weighted by Gasteiger charge is 1.99. The fourth-order valence-electron chi connectivity index (χ4n) is 1.12. The summed E-state index contributed by atoms with van der Waals surface area (Å²) < 4.78 is 1.33. The van der Waals surface area contributed by atoms with Crippen molar-refractivity contribution in [3.63, 3.8) is 0 Å². The smallest absolute Gasteiger partial charge is 0.000463 e. The average molecular weight is 254 g/mol. The second-order valence-electron chi connectivity index (χ2n) is 3.08. The van der Waals surface area contributed by atoms with Crippen LogP contribution < -0.4 is 0 Å². The summed E-state index contributed by atoms with van der Waals surface area (Å²) in [5.74, 6) is 0.967. The van der Waals surface area contributed by atoms with Crippen LogP contribution in [0.15, 0.2) is 0 Å². The quantitative estimate of drug-likeness (QED) is 0.496. The van der Waals surface area contributed by atoms with Crippen LogP contribution in [-0.4, -0.2) is 4.43 Å². The second kappa shape index (κ2) is 7.83. The standard InChI is InChI=1S/C9H19I/c1-3-4-6-9(2)7-5-8-10/h9H,3-8H2,1-2H3/t9-/m0/s1. The molecule has 0 aliphatic rings. The van der Waals surface area contributed by atoms with E-state index in [0.29, 0.717) is 0 Å². The lowest BCUT2D eigenvalue weighted by molar-refractivity contribution is 0.469. The minimum Gasteiger partial charge on any atom is -0.0864 e. The van der Waals surface area contributed by atoms with Crippen LogP contribution in [0.25, 0.3) is 0 Å². The Bertz CT molecular complexity index is 53.7. The van der Waals surface area contributed by atoms with Gasteiger partial charge in [-0.05, 0) is 23.2 Å². The predicted octanol–water partition coefficient (Wildman–Crippen LogP) is 4.03. The summed E-state index contributed by atoms with van der Waals surface area (Å²) in [6.45, 7) is 4.65. The molecule has 0 heterocycles. The normalized spacial score (nSPS) is 13.5. The van der Waals surface area contributed by atoms with E-state index in [0.717, 1.165) is 5.92 Å². The van der Waals surface area contributed by atoms with E-state index in [4.69, 9.17) is 0 Å². The van der Waals surface area contributed by atoms with Crippen molar-refractivity contribution in [1.29, 1.82) is 0 Å². The maximum Gasteiger partial charge on any atom is -0.000463 e. The molecule has 0 amide bonds. The van der Waals surface area contributed by atoms with Crippen molar-refractivity contribution < 1.29 is 0 Å². The fourth-order valence-corrected chi connectivity index (χ4v) is 1.56. The van der Waals surface area contributed by atoms with Gasteiger partial charge in [0.25, 0.3) is 0 Å². The molecule has 0 aliphatic carbocycles. The SMILES string of the molecule is CCCC[C@H](C)CCCI. The third-order valence-electron chi connectivity index (χ3n) is 1.88. The summed E-state index contributed by atoms with van der Waals surface area (Å²) in [7, 11) is 0. The van der Waals surface area contributed by atoms with Crippen molar-refractivity contribution in [1.82, 2.24) is 0 Å². The van der Waals surface area contributed by atoms with Crippen LogP contribution in [0.2, 0.25) is 0 Å². The number of halogens is 1. The largest absolute Gasteiger partial charge is 0.0864 e. The molecule has 0 fully saturated rings. The first-order chi connectivity index (χ1) is 4.81. The molecule has 0 nitrogen and oxygen atoms in total. The van der Waals surface area contributed by atoms with Gasteiger partial charge in [-0.3, -0.25) is 0 Å². The molecule has 0 aromatic rings. The lowest BCUT2D eigenvalue weighted by Gasteiger charge is -2.08. The van der Waals surface area contributed by atoms with Gasteiger partial charge in [0.2, 0.25) is 0 Å². The van der Waals surface area contributed by atoms with E-state index in [2.05, 4.69) is 36.4 Å². The Hall–Kier alpha value is 0.730. The van der Waals surface area contributed by atoms with Crippen molar-refractivity contribution >= 4 is 22.6 Å². The summed E-state index contributed by atoms with van der Waals surface area (Å²) in [5, 5.41) is 0. The van der Waals surface area contributed by atoms with E-state index in [1.54, 1.807) is 0 Å². The maximum atomic E-state index is 2.46. The highest BCUT2D eigenvalue weighted by molar-refractivity contribution is 14.1. The fraction of sp³-hybridized carbons (Fsp3) is 1.00. The molecular formula is C9H19I. The van der Waals surface area contributed by atoms with E-state index in [1.165, 1.54) is 36.5 Å². The van der Waals surface area contributed by atoms with Crippen LogP contribution in [0.5, 0.6) is 0 Å². The number of hydrogen-bond acceptors (Lipinski definition) is 0. The zero-order valence-corrected chi connectivity index (χ0v) is 9.36. The molecule has 62 valence electrons. The maximum absolute atomic E-state index is 2.46. The van der Waals surface area contributed by atoms with Crippen molar-refractivity contribution in [3.8, 4) is 0 Å². The van der Waals surface area contributed by atoms with Crippen LogP contribution >= 0.6 is 22.6 Å². The van der Waals surface area contributed by atoms with E-state index < -0.39 is 0 Å². The van der Waals surface area contributed by atoms with E-state index in [9.17, 15) is 0 Å². The molecule has 1 atom stereocenters. The topological polar surface area (TPSA) is 0 Å². The molecular weight excluding hydrogens is 235 g/mol. The van der Waals surface area contributed by atoms with Crippen molar-refractivity contribution in [2.75, 3.05) is 4.43 Å². The molecule has 0 saturated heterocycles. The molecule has 10 heavy (non-hydrogen) atoms. The molecule has 1 heteroatoms. The third kappa shape index (κ3) is 6.84. The number of alkyl halides is 1. The Balaban J connectivity index is 3.00. The average Bonchev–Trinajstić information content (AvgIpc) is 1.97. The van der Waals surface area contributed by atoms with Crippen LogP contribution in [-0.2, 0) is 0 Å². The Morgan fingerprint density at radius 3 is 2.30 bits per heavy atom. The molecule has 0 bridgehead atoms. The number of rotatable bonds is 6. The van der Waals surface area contributed by atoms with Crippen molar-refractivity contribution in [3.05, 3.63) is 0 Å². The van der Waals surface area contributed by atoms with Crippen molar-refractivity contribution in [2.45, 2.75) is 46.0 Å². The minimum atomic E-state index is 0.967. The van der Waals surface area contributed by atoms with Gasteiger partial charge in [0.1, 0.15) is 0 Å². The molecule has 0 radical (unpaired) electrons. The summed E-state index contributed by atoms with van der Waals surface area (Å²) in [6.07, 6.45) is 7.05. The molecule has 0 unspecified atom stereocenters. The third-order valence-corrected chi connectivity index (χ3v) is 2.64. The Morgan fingerprint density at radius 1 is 1.20 bits per heavy atom. The Kier molecular flexibility index (Phi) is 8.40. The molecule has 0 rings (SSSR count). The first-order valence-corrected chi connectivity index (χ1v) is 5.89. The zero-order valence-electron chi connectivity index (χ0n) is 7.20. The molecule has 0 N–H and O–H groups in total. The summed E-state index contributed by atoms with van der Waals surface area (Å²) >= 11 is 2.46. The molecule has 0 saturated carbocycles. The van der Waals surface area contributed by atoms with E-state index in [-0.39, 0.29) is 0 Å². The van der Waals surface area contributed by atoms with Crippen LogP contribution in [0, 0.1) is 5.92 Å². The van der Waals surface area contributed by atoms with Crippen LogP contribution in [0.4, 0.5) is 0 Å². The van der Waals surface area contributed by atoms with Gasteiger partial charge >= 0.3 is 0 Å². The Morgan fingerprint density at radius 2 is 1.80 bits per heavy atom. The van der Waals surface area contributed by atoms with Crippen LogP contribution in [0.1, 0.15) is 46.0 Å². The van der Waals surface area contributed by atoms with Gasteiger partial charge in [0.05, 0.1) is 0 Å². The van der Waals surface area contributed by atoms with Gasteiger partial charge in [-0.25, -0.2) is 0 Å². The molecule has 0 spiro atoms. The number of hydrogen-bond donors (Lipinski definition) is 0. The highest BCUT2D eigenvalue weighted by Crippen LogP contribution is 2.14. The van der Waals surface area contributed by atoms with Gasteiger partial charge < -0.3 is 0 Å². The van der Waals surface area contributed by atoms with Gasteiger partial charge in [-0.2, -0.15) is 0 Å². The van der Waals surface area contributed by atoms with E-state index in [1.807, 2.05) is 0 Å². The number of unbranched alkanes of at least 4 members (excludes halogenated alkanes) is 1. The Labute approximate surface area is 78.9 Å². The predicted molar refractivity (Wildman–Crippen MR) is 56.8 cm³/mol. The first-order valence-electron chi connectivity index (χ1n) is 4.37. The lowest BCUT2D eigenvalue weighted by Crippen LogP contribution is -1.94. The molecule has 0 aromatic carbocycles. The summed E-state index contributed by atoms with van der Waals surface area (Å²) in [6, 6.07) is 0. The monoisotopic (exact) mass is 254 g/mol. The lowest BCUT2D eigenvalue weighted by atomic mass is 10.00.